The van der Waals surface area contributed by atoms with Crippen molar-refractivity contribution in [1.82, 2.24) is 9.88 Å². The molecule has 0 aliphatic carbocycles. The van der Waals surface area contributed by atoms with Gasteiger partial charge in [-0.3, -0.25) is 4.79 Å². The third kappa shape index (κ3) is 5.56. The number of hydrogen-bond donors (Lipinski definition) is 1. The van der Waals surface area contributed by atoms with Gasteiger partial charge in [-0.1, -0.05) is 26.0 Å². The molecule has 1 N–H and O–H groups in total. The Morgan fingerprint density at radius 3 is 2.50 bits per heavy atom. The molecule has 0 fully saturated rings. The number of aliphatic carboxylic acids is 1. The molecule has 140 valence electrons. The molecule has 1 aromatic heterocycles. The highest BCUT2D eigenvalue weighted by Gasteiger charge is 2.21. The normalized spacial score (nSPS) is 10.8. The molecule has 0 aliphatic rings. The molecule has 6 nitrogen and oxygen atoms in total. The highest BCUT2D eigenvalue weighted by atomic mass is 32.1. The van der Waals surface area contributed by atoms with Crippen molar-refractivity contribution in [3.8, 4) is 5.75 Å². The summed E-state index contributed by atoms with van der Waals surface area (Å²) in [6, 6.07) is 7.07. The molecule has 1 heterocycles. The molecule has 1 aromatic carbocycles. The smallest absolute Gasteiger partial charge is 0.341 e. The first-order valence-corrected chi connectivity index (χ1v) is 9.23. The number of rotatable bonds is 8. The first kappa shape index (κ1) is 19.9. The molecule has 0 aliphatic heterocycles. The van der Waals surface area contributed by atoms with Gasteiger partial charge in [-0.2, -0.15) is 0 Å². The number of aryl methyl sites for hydroxylation is 1. The van der Waals surface area contributed by atoms with Crippen LogP contribution in [0, 0.1) is 12.8 Å². The fourth-order valence-corrected chi connectivity index (χ4v) is 3.46. The summed E-state index contributed by atoms with van der Waals surface area (Å²) >= 11 is 1.44. The zero-order valence-corrected chi connectivity index (χ0v) is 16.3. The van der Waals surface area contributed by atoms with E-state index in [1.807, 2.05) is 19.1 Å². The average Bonchev–Trinajstić information content (AvgIpc) is 2.92. The van der Waals surface area contributed by atoms with E-state index in [1.165, 1.54) is 11.3 Å². The Morgan fingerprint density at radius 2 is 1.92 bits per heavy atom. The Labute approximate surface area is 157 Å². The van der Waals surface area contributed by atoms with Gasteiger partial charge in [-0.15, -0.1) is 11.3 Å². The van der Waals surface area contributed by atoms with Gasteiger partial charge >= 0.3 is 5.97 Å². The van der Waals surface area contributed by atoms with Crippen LogP contribution in [0.15, 0.2) is 24.3 Å². The summed E-state index contributed by atoms with van der Waals surface area (Å²) in [6.45, 7) is 6.22. The summed E-state index contributed by atoms with van der Waals surface area (Å²) in [5.41, 5.74) is 1.81. The van der Waals surface area contributed by atoms with Gasteiger partial charge in [-0.25, -0.2) is 9.78 Å². The van der Waals surface area contributed by atoms with E-state index in [0.29, 0.717) is 23.1 Å². The lowest BCUT2D eigenvalue weighted by Gasteiger charge is -2.17. The highest BCUT2D eigenvalue weighted by molar-refractivity contribution is 7.13. The molecule has 0 atom stereocenters. The molecule has 0 saturated heterocycles. The number of nitrogens with zero attached hydrogens (tertiary/aromatic N) is 2. The van der Waals surface area contributed by atoms with Crippen LogP contribution in [0.5, 0.6) is 5.75 Å². The Kier molecular flexibility index (Phi) is 6.74. The lowest BCUT2D eigenvalue weighted by Crippen LogP contribution is -2.26. The number of carboxylic acid groups (broad SMARTS) is 1. The second-order valence-electron chi connectivity index (χ2n) is 6.59. The first-order chi connectivity index (χ1) is 12.3. The minimum atomic E-state index is -1.02. The summed E-state index contributed by atoms with van der Waals surface area (Å²) in [5.74, 6) is -0.122. The predicted octanol–water partition coefficient (Wildman–Crippen LogP) is 3.39. The topological polar surface area (TPSA) is 79.7 Å². The number of thiazole rings is 1. The third-order valence-electron chi connectivity index (χ3n) is 3.65. The van der Waals surface area contributed by atoms with Crippen LogP contribution in [0.2, 0.25) is 0 Å². The lowest BCUT2D eigenvalue weighted by molar-refractivity contribution is -0.139. The number of carboxylic acids is 1. The molecule has 0 unspecified atom stereocenters. The Balaban J connectivity index is 2.04. The van der Waals surface area contributed by atoms with Crippen LogP contribution in [0.25, 0.3) is 0 Å². The fourth-order valence-electron chi connectivity index (χ4n) is 2.52. The molecule has 26 heavy (non-hydrogen) atoms. The van der Waals surface area contributed by atoms with E-state index >= 15 is 0 Å². The number of hydrogen-bond acceptors (Lipinski definition) is 5. The second-order valence-corrected chi connectivity index (χ2v) is 7.80. The van der Waals surface area contributed by atoms with Crippen LogP contribution in [0.3, 0.4) is 0 Å². The maximum atomic E-state index is 12.8. The standard InChI is InChI=1S/C19H24N2O4S/c1-12(2)9-16-18(26-13(3)20-16)19(24)21(4)10-14-5-7-15(8-6-14)25-11-17(22)23/h5-8,12H,9-11H2,1-4H3,(H,22,23). The van der Waals surface area contributed by atoms with E-state index in [2.05, 4.69) is 18.8 Å². The molecule has 0 saturated carbocycles. The Bertz CT molecular complexity index is 768. The van der Waals surface area contributed by atoms with Crippen LogP contribution in [-0.4, -0.2) is 40.5 Å². The van der Waals surface area contributed by atoms with Crippen LogP contribution >= 0.6 is 11.3 Å². The summed E-state index contributed by atoms with van der Waals surface area (Å²) in [5, 5.41) is 9.52. The van der Waals surface area contributed by atoms with Crippen molar-refractivity contribution in [1.29, 1.82) is 0 Å². The van der Waals surface area contributed by atoms with Gasteiger partial charge in [0.25, 0.3) is 5.91 Å². The summed E-state index contributed by atoms with van der Waals surface area (Å²) in [6.07, 6.45) is 0.787. The van der Waals surface area contributed by atoms with Crippen molar-refractivity contribution in [2.75, 3.05) is 13.7 Å². The van der Waals surface area contributed by atoms with E-state index in [0.717, 1.165) is 22.7 Å². The van der Waals surface area contributed by atoms with Crippen molar-refractivity contribution < 1.29 is 19.4 Å². The number of ether oxygens (including phenoxy) is 1. The fraction of sp³-hybridized carbons (Fsp3) is 0.421. The van der Waals surface area contributed by atoms with Crippen LogP contribution in [-0.2, 0) is 17.8 Å². The molecule has 0 bridgehead atoms. The predicted molar refractivity (Wildman–Crippen MR) is 101 cm³/mol. The molecular formula is C19H24N2O4S. The van der Waals surface area contributed by atoms with Crippen molar-refractivity contribution in [2.45, 2.75) is 33.7 Å². The van der Waals surface area contributed by atoms with Gasteiger partial charge in [0, 0.05) is 13.6 Å². The van der Waals surface area contributed by atoms with Crippen molar-refractivity contribution in [3.05, 3.63) is 45.4 Å². The van der Waals surface area contributed by atoms with E-state index in [9.17, 15) is 9.59 Å². The zero-order chi connectivity index (χ0) is 19.3. The van der Waals surface area contributed by atoms with Crippen molar-refractivity contribution in [2.24, 2.45) is 5.92 Å². The SMILES string of the molecule is Cc1nc(CC(C)C)c(C(=O)N(C)Cc2ccc(OCC(=O)O)cc2)s1. The van der Waals surface area contributed by atoms with Gasteiger partial charge in [0.05, 0.1) is 10.7 Å². The number of carbonyl (C=O) groups excluding carboxylic acids is 1. The van der Waals surface area contributed by atoms with Gasteiger partial charge in [0.15, 0.2) is 6.61 Å². The van der Waals surface area contributed by atoms with Gasteiger partial charge < -0.3 is 14.7 Å². The number of aromatic nitrogens is 1. The van der Waals surface area contributed by atoms with Crippen LogP contribution < -0.4 is 4.74 Å². The summed E-state index contributed by atoms with van der Waals surface area (Å²) in [4.78, 5) is 30.2. The van der Waals surface area contributed by atoms with Gasteiger partial charge in [-0.05, 0) is 37.0 Å². The highest BCUT2D eigenvalue weighted by Crippen LogP contribution is 2.23. The average molecular weight is 376 g/mol. The summed E-state index contributed by atoms with van der Waals surface area (Å²) in [7, 11) is 1.77. The van der Waals surface area contributed by atoms with Crippen molar-refractivity contribution >= 4 is 23.2 Å². The molecular weight excluding hydrogens is 352 g/mol. The minimum absolute atomic E-state index is 0.0301. The monoisotopic (exact) mass is 376 g/mol. The quantitative estimate of drug-likeness (QED) is 0.764. The zero-order valence-electron chi connectivity index (χ0n) is 15.5. The van der Waals surface area contributed by atoms with Gasteiger partial charge in [0.1, 0.15) is 10.6 Å². The molecule has 0 radical (unpaired) electrons. The van der Waals surface area contributed by atoms with E-state index in [4.69, 9.17) is 9.84 Å². The Hall–Kier alpha value is -2.41. The van der Waals surface area contributed by atoms with E-state index in [1.54, 1.807) is 24.1 Å². The number of carbonyl (C=O) groups is 2. The minimum Gasteiger partial charge on any atom is -0.482 e. The first-order valence-electron chi connectivity index (χ1n) is 8.41. The van der Waals surface area contributed by atoms with E-state index in [-0.39, 0.29) is 12.5 Å². The Morgan fingerprint density at radius 1 is 1.27 bits per heavy atom. The van der Waals surface area contributed by atoms with Crippen LogP contribution in [0.1, 0.15) is 39.8 Å². The molecule has 2 rings (SSSR count). The van der Waals surface area contributed by atoms with Crippen molar-refractivity contribution in [3.63, 3.8) is 0 Å². The maximum absolute atomic E-state index is 12.8. The number of benzene rings is 1. The van der Waals surface area contributed by atoms with Crippen LogP contribution in [0.4, 0.5) is 0 Å². The third-order valence-corrected chi connectivity index (χ3v) is 4.65. The molecule has 7 heteroatoms. The molecule has 2 aromatic rings. The summed E-state index contributed by atoms with van der Waals surface area (Å²) < 4.78 is 5.11. The second kappa shape index (κ2) is 8.80. The lowest BCUT2D eigenvalue weighted by atomic mass is 10.1. The molecule has 1 amide bonds. The largest absolute Gasteiger partial charge is 0.482 e. The van der Waals surface area contributed by atoms with E-state index < -0.39 is 5.97 Å². The maximum Gasteiger partial charge on any atom is 0.341 e. The molecule has 0 spiro atoms. The number of amides is 1. The van der Waals surface area contributed by atoms with Gasteiger partial charge in [0.2, 0.25) is 0 Å².